The maximum absolute atomic E-state index is 12.7. The van der Waals surface area contributed by atoms with Crippen molar-refractivity contribution >= 4 is 11.8 Å². The Morgan fingerprint density at radius 3 is 2.73 bits per heavy atom. The number of nitrogens with zero attached hydrogens (tertiary/aromatic N) is 2. The first-order valence-corrected chi connectivity index (χ1v) is 9.41. The van der Waals surface area contributed by atoms with Gasteiger partial charge in [0, 0.05) is 20.2 Å². The first-order valence-electron chi connectivity index (χ1n) is 9.41. The number of rotatable bonds is 6. The van der Waals surface area contributed by atoms with Crippen molar-refractivity contribution in [1.82, 2.24) is 9.80 Å². The molecule has 2 aliphatic heterocycles. The summed E-state index contributed by atoms with van der Waals surface area (Å²) in [6.45, 7) is 4.66. The van der Waals surface area contributed by atoms with Crippen molar-refractivity contribution in [2.45, 2.75) is 32.3 Å². The molecule has 2 aliphatic rings. The van der Waals surface area contributed by atoms with Gasteiger partial charge in [0.05, 0.1) is 19.0 Å². The molecule has 0 aromatic heterocycles. The minimum Gasteiger partial charge on any atom is -0.487 e. The second-order valence-electron chi connectivity index (χ2n) is 7.10. The number of likely N-dealkylation sites (tertiary alicyclic amines) is 2. The first-order chi connectivity index (χ1) is 12.6. The Labute approximate surface area is 155 Å². The van der Waals surface area contributed by atoms with Crippen LogP contribution in [0.1, 0.15) is 25.3 Å². The molecule has 0 N–H and O–H groups in total. The van der Waals surface area contributed by atoms with Gasteiger partial charge in [-0.15, -0.1) is 0 Å². The number of methoxy groups -OCH3 is 1. The standard InChI is InChI=1S/C20H28N2O4/c1-3-15-6-4-8-17(10-15)26-18-12-22(13-18)20(24)16-7-5-9-21(11-16)19(23)14-25-2/h4,6,8,10,16,18H,3,5,7,9,11-14H2,1-2H3/t16-/m1/s1. The number of carbonyl (C=O) groups excluding carboxylic acids is 2. The second-order valence-corrected chi connectivity index (χ2v) is 7.10. The zero-order valence-electron chi connectivity index (χ0n) is 15.6. The molecule has 6 heteroatoms. The van der Waals surface area contributed by atoms with Gasteiger partial charge in [-0.25, -0.2) is 0 Å². The van der Waals surface area contributed by atoms with E-state index >= 15 is 0 Å². The largest absolute Gasteiger partial charge is 0.487 e. The van der Waals surface area contributed by atoms with Gasteiger partial charge in [0.25, 0.3) is 0 Å². The molecule has 142 valence electrons. The first kappa shape index (κ1) is 18.7. The topological polar surface area (TPSA) is 59.1 Å². The minimum absolute atomic E-state index is 0.0365. The molecule has 0 bridgehead atoms. The molecule has 2 heterocycles. The SMILES string of the molecule is CCc1cccc(OC2CN(C(=O)[C@@H]3CCCN(C(=O)COC)C3)C2)c1. The summed E-state index contributed by atoms with van der Waals surface area (Å²) in [5, 5.41) is 0. The van der Waals surface area contributed by atoms with Crippen molar-refractivity contribution in [3.63, 3.8) is 0 Å². The number of hydrogen-bond donors (Lipinski definition) is 0. The number of carbonyl (C=O) groups is 2. The normalized spacial score (nSPS) is 20.6. The van der Waals surface area contributed by atoms with Gasteiger partial charge < -0.3 is 19.3 Å². The Hall–Kier alpha value is -2.08. The summed E-state index contributed by atoms with van der Waals surface area (Å²) in [5.74, 6) is 0.872. The molecule has 1 aromatic rings. The van der Waals surface area contributed by atoms with E-state index in [0.717, 1.165) is 25.0 Å². The molecular formula is C20H28N2O4. The van der Waals surface area contributed by atoms with Gasteiger partial charge in [0.1, 0.15) is 18.5 Å². The number of amides is 2. The Bertz CT molecular complexity index is 642. The van der Waals surface area contributed by atoms with Crippen LogP contribution >= 0.6 is 0 Å². The summed E-state index contributed by atoms with van der Waals surface area (Å²) in [5.41, 5.74) is 1.25. The molecule has 2 saturated heterocycles. The van der Waals surface area contributed by atoms with Crippen LogP contribution in [0.5, 0.6) is 5.75 Å². The number of ether oxygens (including phenoxy) is 2. The average Bonchev–Trinajstić information content (AvgIpc) is 2.64. The monoisotopic (exact) mass is 360 g/mol. The molecule has 0 aliphatic carbocycles. The zero-order valence-corrected chi connectivity index (χ0v) is 15.6. The highest BCUT2D eigenvalue weighted by atomic mass is 16.5. The van der Waals surface area contributed by atoms with Crippen LogP contribution in [-0.4, -0.2) is 67.6 Å². The van der Waals surface area contributed by atoms with Gasteiger partial charge >= 0.3 is 0 Å². The molecule has 0 radical (unpaired) electrons. The van der Waals surface area contributed by atoms with Crippen molar-refractivity contribution in [3.8, 4) is 5.75 Å². The molecule has 1 aromatic carbocycles. The van der Waals surface area contributed by atoms with Crippen molar-refractivity contribution in [2.24, 2.45) is 5.92 Å². The third-order valence-corrected chi connectivity index (χ3v) is 5.16. The van der Waals surface area contributed by atoms with Gasteiger partial charge in [0.15, 0.2) is 0 Å². The van der Waals surface area contributed by atoms with Gasteiger partial charge in [-0.1, -0.05) is 19.1 Å². The fraction of sp³-hybridized carbons (Fsp3) is 0.600. The van der Waals surface area contributed by atoms with Crippen molar-refractivity contribution in [1.29, 1.82) is 0 Å². The van der Waals surface area contributed by atoms with E-state index in [1.807, 2.05) is 17.0 Å². The smallest absolute Gasteiger partial charge is 0.248 e. The van der Waals surface area contributed by atoms with E-state index in [0.29, 0.717) is 26.2 Å². The van der Waals surface area contributed by atoms with Crippen LogP contribution in [0.2, 0.25) is 0 Å². The van der Waals surface area contributed by atoms with Crippen LogP contribution in [-0.2, 0) is 20.7 Å². The maximum atomic E-state index is 12.7. The summed E-state index contributed by atoms with van der Waals surface area (Å²) in [7, 11) is 1.51. The summed E-state index contributed by atoms with van der Waals surface area (Å²) in [6.07, 6.45) is 2.74. The highest BCUT2D eigenvalue weighted by molar-refractivity contribution is 5.82. The van der Waals surface area contributed by atoms with E-state index < -0.39 is 0 Å². The number of benzene rings is 1. The van der Waals surface area contributed by atoms with Gasteiger partial charge in [0.2, 0.25) is 11.8 Å². The maximum Gasteiger partial charge on any atom is 0.248 e. The Morgan fingerprint density at radius 1 is 1.19 bits per heavy atom. The van der Waals surface area contributed by atoms with E-state index in [1.165, 1.54) is 12.7 Å². The third kappa shape index (κ3) is 4.36. The molecule has 2 amide bonds. The quantitative estimate of drug-likeness (QED) is 0.775. The minimum atomic E-state index is -0.103. The van der Waals surface area contributed by atoms with Crippen LogP contribution in [0.25, 0.3) is 0 Å². The Morgan fingerprint density at radius 2 is 2.00 bits per heavy atom. The highest BCUT2D eigenvalue weighted by Crippen LogP contribution is 2.24. The number of aryl methyl sites for hydroxylation is 1. The van der Waals surface area contributed by atoms with Gasteiger partial charge in [-0.05, 0) is 37.0 Å². The summed E-state index contributed by atoms with van der Waals surface area (Å²) >= 11 is 0. The highest BCUT2D eigenvalue weighted by Gasteiger charge is 2.38. The van der Waals surface area contributed by atoms with Crippen molar-refractivity contribution in [3.05, 3.63) is 29.8 Å². The van der Waals surface area contributed by atoms with Crippen LogP contribution in [0.15, 0.2) is 24.3 Å². The van der Waals surface area contributed by atoms with Crippen LogP contribution in [0.4, 0.5) is 0 Å². The zero-order chi connectivity index (χ0) is 18.5. The molecule has 3 rings (SSSR count). The van der Waals surface area contributed by atoms with E-state index in [1.54, 1.807) is 4.90 Å². The number of hydrogen-bond acceptors (Lipinski definition) is 4. The lowest BCUT2D eigenvalue weighted by molar-refractivity contribution is -0.148. The van der Waals surface area contributed by atoms with E-state index in [9.17, 15) is 9.59 Å². The molecule has 1 atom stereocenters. The summed E-state index contributed by atoms with van der Waals surface area (Å²) in [4.78, 5) is 28.3. The lowest BCUT2D eigenvalue weighted by atomic mass is 9.94. The van der Waals surface area contributed by atoms with Crippen molar-refractivity contribution < 1.29 is 19.1 Å². The molecule has 0 saturated carbocycles. The molecule has 6 nitrogen and oxygen atoms in total. The van der Waals surface area contributed by atoms with Crippen LogP contribution < -0.4 is 4.74 Å². The summed E-state index contributed by atoms with van der Waals surface area (Å²) < 4.78 is 10.9. The third-order valence-electron chi connectivity index (χ3n) is 5.16. The molecular weight excluding hydrogens is 332 g/mol. The van der Waals surface area contributed by atoms with Crippen molar-refractivity contribution in [2.75, 3.05) is 39.9 Å². The molecule has 2 fully saturated rings. The summed E-state index contributed by atoms with van der Waals surface area (Å²) in [6, 6.07) is 8.11. The Kier molecular flexibility index (Phi) is 6.14. The average molecular weight is 360 g/mol. The predicted molar refractivity (Wildman–Crippen MR) is 98.0 cm³/mol. The van der Waals surface area contributed by atoms with Crippen LogP contribution in [0.3, 0.4) is 0 Å². The predicted octanol–water partition coefficient (Wildman–Crippen LogP) is 1.72. The molecule has 26 heavy (non-hydrogen) atoms. The van der Waals surface area contributed by atoms with E-state index in [2.05, 4.69) is 19.1 Å². The van der Waals surface area contributed by atoms with E-state index in [-0.39, 0.29) is 30.4 Å². The lowest BCUT2D eigenvalue weighted by Gasteiger charge is -2.42. The second kappa shape index (κ2) is 8.54. The van der Waals surface area contributed by atoms with Gasteiger partial charge in [-0.3, -0.25) is 9.59 Å². The Balaban J connectivity index is 1.47. The fourth-order valence-corrected chi connectivity index (χ4v) is 3.60. The molecule has 0 unspecified atom stereocenters. The van der Waals surface area contributed by atoms with E-state index in [4.69, 9.17) is 9.47 Å². The van der Waals surface area contributed by atoms with Crippen LogP contribution in [0, 0.1) is 5.92 Å². The van der Waals surface area contributed by atoms with Gasteiger partial charge in [-0.2, -0.15) is 0 Å². The lowest BCUT2D eigenvalue weighted by Crippen LogP contribution is -2.59. The fourth-order valence-electron chi connectivity index (χ4n) is 3.60. The number of piperidine rings is 1. The molecule has 0 spiro atoms.